The Morgan fingerprint density at radius 1 is 1.05 bits per heavy atom. The molecule has 1 aromatic heterocycles. The van der Waals surface area contributed by atoms with Crippen LogP contribution in [0.4, 0.5) is 0 Å². The van der Waals surface area contributed by atoms with Gasteiger partial charge in [-0.15, -0.1) is 11.3 Å². The molecule has 2 aliphatic rings. The lowest BCUT2D eigenvalue weighted by Crippen LogP contribution is -2.58. The minimum Gasteiger partial charge on any atom is -0.457 e. The second-order valence-electron chi connectivity index (χ2n) is 10.4. The lowest BCUT2D eigenvalue weighted by molar-refractivity contribution is -0.135. The van der Waals surface area contributed by atoms with Crippen LogP contribution in [0.3, 0.4) is 0 Å². The lowest BCUT2D eigenvalue weighted by atomic mass is 10.0. The van der Waals surface area contributed by atoms with Gasteiger partial charge in [-0.3, -0.25) is 14.4 Å². The molecule has 1 N–H and O–H groups in total. The number of nitrogens with zero attached hydrogens (tertiary/aromatic N) is 3. The summed E-state index contributed by atoms with van der Waals surface area (Å²) in [5.74, 6) is 0.887. The first-order valence-electron chi connectivity index (χ1n) is 13.5. The van der Waals surface area contributed by atoms with Crippen molar-refractivity contribution in [2.75, 3.05) is 26.7 Å². The fourth-order valence-corrected chi connectivity index (χ4v) is 6.01. The zero-order valence-corrected chi connectivity index (χ0v) is 23.8. The highest BCUT2D eigenvalue weighted by atomic mass is 32.1. The van der Waals surface area contributed by atoms with Crippen LogP contribution in [-0.4, -0.2) is 71.3 Å². The van der Waals surface area contributed by atoms with Crippen molar-refractivity contribution in [2.45, 2.75) is 51.9 Å². The Labute approximate surface area is 238 Å². The fourth-order valence-electron chi connectivity index (χ4n) is 5.13. The number of aromatic nitrogens is 1. The summed E-state index contributed by atoms with van der Waals surface area (Å²) < 4.78 is 12.4. The van der Waals surface area contributed by atoms with Gasteiger partial charge in [-0.1, -0.05) is 24.3 Å². The van der Waals surface area contributed by atoms with Crippen molar-refractivity contribution < 1.29 is 23.9 Å². The number of hydrogen-bond acceptors (Lipinski definition) is 7. The number of likely N-dealkylation sites (tertiary alicyclic amines) is 1. The summed E-state index contributed by atoms with van der Waals surface area (Å²) in [6.07, 6.45) is 1.06. The van der Waals surface area contributed by atoms with Crippen molar-refractivity contribution in [2.24, 2.45) is 0 Å². The average molecular weight is 563 g/mol. The van der Waals surface area contributed by atoms with Crippen LogP contribution >= 0.6 is 11.3 Å². The second kappa shape index (κ2) is 12.2. The quantitative estimate of drug-likeness (QED) is 0.483. The van der Waals surface area contributed by atoms with Gasteiger partial charge in [-0.2, -0.15) is 0 Å². The summed E-state index contributed by atoms with van der Waals surface area (Å²) in [7, 11) is 1.63. The molecule has 0 saturated carbocycles. The summed E-state index contributed by atoms with van der Waals surface area (Å²) in [5, 5.41) is 3.90. The van der Waals surface area contributed by atoms with Crippen molar-refractivity contribution >= 4 is 29.1 Å². The van der Waals surface area contributed by atoms with E-state index in [-0.39, 0.29) is 36.8 Å². The summed E-state index contributed by atoms with van der Waals surface area (Å²) in [4.78, 5) is 47.5. The molecule has 10 heteroatoms. The number of aryl methyl sites for hydroxylation is 3. The number of carbonyl (C=O) groups is 3. The number of thiazole rings is 1. The van der Waals surface area contributed by atoms with Gasteiger partial charge in [0, 0.05) is 26.6 Å². The highest BCUT2D eigenvalue weighted by Gasteiger charge is 2.35. The molecule has 210 valence electrons. The van der Waals surface area contributed by atoms with Gasteiger partial charge in [0.25, 0.3) is 5.91 Å². The number of piperidine rings is 1. The predicted molar refractivity (Wildman–Crippen MR) is 152 cm³/mol. The fraction of sp³-hybridized carbons (Fsp3) is 0.400. The molecule has 2 aliphatic heterocycles. The number of fused-ring (bicyclic) bond motifs is 5. The van der Waals surface area contributed by atoms with E-state index in [2.05, 4.69) is 10.3 Å². The SMILES string of the molecule is Cc1nc(C)c(C(=O)N2CC[C@H]3OCc4cccc(c4)Oc4cccc(c4)CCC(=O)N(C)CC(=O)N[C@H]3C2)s1. The zero-order valence-electron chi connectivity index (χ0n) is 23.0. The molecule has 3 aromatic rings. The molecule has 0 aliphatic carbocycles. The molecule has 3 amide bonds. The van der Waals surface area contributed by atoms with E-state index in [4.69, 9.17) is 9.47 Å². The highest BCUT2D eigenvalue weighted by molar-refractivity contribution is 7.13. The van der Waals surface area contributed by atoms with Crippen molar-refractivity contribution in [3.8, 4) is 11.5 Å². The predicted octanol–water partition coefficient (Wildman–Crippen LogP) is 3.87. The summed E-state index contributed by atoms with van der Waals surface area (Å²) in [6, 6.07) is 15.0. The van der Waals surface area contributed by atoms with E-state index in [0.717, 1.165) is 16.1 Å². The molecule has 5 rings (SSSR count). The Morgan fingerprint density at radius 3 is 2.50 bits per heavy atom. The maximum atomic E-state index is 13.3. The second-order valence-corrected chi connectivity index (χ2v) is 11.6. The Kier molecular flexibility index (Phi) is 8.46. The zero-order chi connectivity index (χ0) is 28.2. The first-order valence-corrected chi connectivity index (χ1v) is 14.3. The molecule has 3 heterocycles. The van der Waals surface area contributed by atoms with Gasteiger partial charge in [0.15, 0.2) is 0 Å². The third-order valence-corrected chi connectivity index (χ3v) is 8.27. The van der Waals surface area contributed by atoms with Gasteiger partial charge in [0.05, 0.1) is 36.0 Å². The molecule has 4 bridgehead atoms. The van der Waals surface area contributed by atoms with Crippen molar-refractivity contribution in [3.05, 3.63) is 75.2 Å². The number of nitrogens with one attached hydrogen (secondary N) is 1. The molecular formula is C30H34N4O5S. The van der Waals surface area contributed by atoms with Crippen LogP contribution in [0.2, 0.25) is 0 Å². The topological polar surface area (TPSA) is 101 Å². The van der Waals surface area contributed by atoms with Gasteiger partial charge in [0.2, 0.25) is 11.8 Å². The highest BCUT2D eigenvalue weighted by Crippen LogP contribution is 2.26. The van der Waals surface area contributed by atoms with Crippen molar-refractivity contribution in [3.63, 3.8) is 0 Å². The van der Waals surface area contributed by atoms with Crippen LogP contribution in [0.5, 0.6) is 11.5 Å². The average Bonchev–Trinajstić information content (AvgIpc) is 3.27. The van der Waals surface area contributed by atoms with Gasteiger partial charge in [-0.05, 0) is 62.1 Å². The summed E-state index contributed by atoms with van der Waals surface area (Å²) in [5.41, 5.74) is 2.64. The first kappa shape index (κ1) is 27.8. The van der Waals surface area contributed by atoms with E-state index < -0.39 is 6.04 Å². The first-order chi connectivity index (χ1) is 19.2. The monoisotopic (exact) mass is 562 g/mol. The summed E-state index contributed by atoms with van der Waals surface area (Å²) in [6.45, 7) is 4.79. The molecule has 0 unspecified atom stereocenters. The normalized spacial score (nSPS) is 20.6. The number of hydrogen-bond donors (Lipinski definition) is 1. The van der Waals surface area contributed by atoms with Crippen LogP contribution in [0.25, 0.3) is 0 Å². The maximum Gasteiger partial charge on any atom is 0.265 e. The van der Waals surface area contributed by atoms with E-state index in [9.17, 15) is 14.4 Å². The molecule has 1 fully saturated rings. The molecule has 40 heavy (non-hydrogen) atoms. The molecule has 1 saturated heterocycles. The van der Waals surface area contributed by atoms with E-state index in [1.165, 1.54) is 16.2 Å². The number of amides is 3. The Bertz CT molecular complexity index is 1410. The van der Waals surface area contributed by atoms with Crippen LogP contribution in [0.15, 0.2) is 48.5 Å². The van der Waals surface area contributed by atoms with Crippen molar-refractivity contribution in [1.82, 2.24) is 20.1 Å². The number of benzene rings is 2. The minimum atomic E-state index is -0.429. The standard InChI is InChI=1S/C30H34N4O5S/c1-19-29(40-20(2)31-19)30(37)34-13-12-26-25(16-34)32-27(35)17-33(3)28(36)11-10-21-6-4-8-23(14-21)39-24-9-5-7-22(15-24)18-38-26/h4-9,14-15,25-26H,10-13,16-18H2,1-3H3,(H,32,35)/t25-,26+/m0/s1. The molecule has 0 spiro atoms. The smallest absolute Gasteiger partial charge is 0.265 e. The molecule has 9 nitrogen and oxygen atoms in total. The Balaban J connectivity index is 1.37. The maximum absolute atomic E-state index is 13.3. The Hall–Kier alpha value is -3.76. The summed E-state index contributed by atoms with van der Waals surface area (Å²) >= 11 is 1.38. The van der Waals surface area contributed by atoms with E-state index >= 15 is 0 Å². The van der Waals surface area contributed by atoms with Crippen LogP contribution < -0.4 is 10.1 Å². The molecule has 0 radical (unpaired) electrons. The molecule has 2 atom stereocenters. The van der Waals surface area contributed by atoms with Gasteiger partial charge >= 0.3 is 0 Å². The minimum absolute atomic E-state index is 0.0751. The van der Waals surface area contributed by atoms with Gasteiger partial charge < -0.3 is 24.6 Å². The van der Waals surface area contributed by atoms with Crippen LogP contribution in [-0.2, 0) is 27.4 Å². The van der Waals surface area contributed by atoms with E-state index in [1.54, 1.807) is 11.9 Å². The van der Waals surface area contributed by atoms with Crippen LogP contribution in [0, 0.1) is 13.8 Å². The number of carbonyl (C=O) groups excluding carboxylic acids is 3. The third-order valence-electron chi connectivity index (χ3n) is 7.21. The van der Waals surface area contributed by atoms with Gasteiger partial charge in [0.1, 0.15) is 16.4 Å². The third kappa shape index (κ3) is 6.68. The number of likely N-dealkylation sites (N-methyl/N-ethyl adjacent to an activating group) is 1. The van der Waals surface area contributed by atoms with E-state index in [1.807, 2.05) is 62.4 Å². The number of rotatable bonds is 1. The van der Waals surface area contributed by atoms with Crippen LogP contribution in [0.1, 0.15) is 44.3 Å². The van der Waals surface area contributed by atoms with E-state index in [0.29, 0.717) is 54.6 Å². The largest absolute Gasteiger partial charge is 0.457 e. The van der Waals surface area contributed by atoms with Gasteiger partial charge in [-0.25, -0.2) is 4.98 Å². The Morgan fingerprint density at radius 2 is 1.77 bits per heavy atom. The van der Waals surface area contributed by atoms with Crippen molar-refractivity contribution in [1.29, 1.82) is 0 Å². The molecular weight excluding hydrogens is 528 g/mol. The molecule has 2 aromatic carbocycles. The number of ether oxygens (including phenoxy) is 2. The lowest BCUT2D eigenvalue weighted by Gasteiger charge is -2.39.